The summed E-state index contributed by atoms with van der Waals surface area (Å²) in [7, 11) is 1.31. The molecule has 0 N–H and O–H groups in total. The van der Waals surface area contributed by atoms with Crippen molar-refractivity contribution in [2.24, 2.45) is 0 Å². The van der Waals surface area contributed by atoms with Crippen molar-refractivity contribution in [2.75, 3.05) is 11.9 Å². The molecule has 9 heteroatoms. The lowest BCUT2D eigenvalue weighted by atomic mass is 10.0. The molecule has 0 amide bonds. The van der Waals surface area contributed by atoms with Gasteiger partial charge in [-0.05, 0) is 24.5 Å². The molecule has 3 nitrogen and oxygen atoms in total. The molecule has 0 saturated heterocycles. The fourth-order valence-corrected chi connectivity index (χ4v) is 2.91. The molecule has 0 spiro atoms. The van der Waals surface area contributed by atoms with E-state index in [2.05, 4.69) is 10.2 Å². The second-order valence-corrected chi connectivity index (χ2v) is 5.41. The quantitative estimate of drug-likeness (QED) is 0.662. The van der Waals surface area contributed by atoms with Crippen LogP contribution in [0.5, 0.6) is 0 Å². The third kappa shape index (κ3) is 2.67. The molecule has 1 aromatic heterocycles. The number of hydrogen-bond acceptors (Lipinski definition) is 3. The van der Waals surface area contributed by atoms with Crippen LogP contribution in [0.15, 0.2) is 24.3 Å². The third-order valence-electron chi connectivity index (χ3n) is 3.92. The van der Waals surface area contributed by atoms with Gasteiger partial charge in [-0.2, -0.15) is 26.3 Å². The Morgan fingerprint density at radius 3 is 2.08 bits per heavy atom. The topological polar surface area (TPSA) is 29.0 Å². The molecule has 0 aliphatic carbocycles. The summed E-state index contributed by atoms with van der Waals surface area (Å²) >= 11 is 0. The van der Waals surface area contributed by atoms with Crippen LogP contribution in [0.4, 0.5) is 37.7 Å². The van der Waals surface area contributed by atoms with Crippen LogP contribution in [0.25, 0.3) is 0 Å². The van der Waals surface area contributed by atoms with E-state index in [0.29, 0.717) is 11.3 Å². The van der Waals surface area contributed by atoms with Gasteiger partial charge in [0.1, 0.15) is 0 Å². The number of anilines is 2. The number of alkyl halides is 6. The number of hydrogen-bond donors (Lipinski definition) is 0. The Kier molecular flexibility index (Phi) is 3.69. The van der Waals surface area contributed by atoms with Crippen LogP contribution in [-0.4, -0.2) is 17.2 Å². The van der Waals surface area contributed by atoms with E-state index in [-0.39, 0.29) is 12.8 Å². The van der Waals surface area contributed by atoms with Crippen molar-refractivity contribution in [3.8, 4) is 0 Å². The number of para-hydroxylation sites is 1. The highest BCUT2D eigenvalue weighted by atomic mass is 19.4. The van der Waals surface area contributed by atoms with Crippen molar-refractivity contribution in [1.29, 1.82) is 0 Å². The van der Waals surface area contributed by atoms with Gasteiger partial charge in [-0.15, -0.1) is 10.2 Å². The Bertz CT molecular complexity index is 782. The Balaban J connectivity index is 2.33. The van der Waals surface area contributed by atoms with E-state index in [1.807, 2.05) is 0 Å². The minimum atomic E-state index is -4.91. The fourth-order valence-electron chi connectivity index (χ4n) is 2.91. The molecule has 0 fully saturated rings. The summed E-state index contributed by atoms with van der Waals surface area (Å²) in [5.74, 6) is 0. The minimum Gasteiger partial charge on any atom is -0.342 e. The maximum atomic E-state index is 13.3. The van der Waals surface area contributed by atoms with Gasteiger partial charge in [-0.3, -0.25) is 0 Å². The molecule has 128 valence electrons. The number of halogens is 6. The van der Waals surface area contributed by atoms with E-state index >= 15 is 0 Å². The number of aryl methyl sites for hydroxylation is 1. The molecule has 0 unspecified atom stereocenters. The maximum Gasteiger partial charge on any atom is 0.437 e. The lowest BCUT2D eigenvalue weighted by Crippen LogP contribution is -2.24. The number of benzene rings is 1. The molecular weight excluding hydrogens is 336 g/mol. The largest absolute Gasteiger partial charge is 0.437 e. The summed E-state index contributed by atoms with van der Waals surface area (Å²) in [5, 5.41) is 5.70. The summed E-state index contributed by atoms with van der Waals surface area (Å²) in [6.07, 6.45) is -9.81. The van der Waals surface area contributed by atoms with Gasteiger partial charge in [-0.1, -0.05) is 18.2 Å². The van der Waals surface area contributed by atoms with Crippen LogP contribution < -0.4 is 4.90 Å². The molecule has 0 radical (unpaired) electrons. The van der Waals surface area contributed by atoms with E-state index in [4.69, 9.17) is 0 Å². The predicted molar refractivity (Wildman–Crippen MR) is 73.9 cm³/mol. The Morgan fingerprint density at radius 1 is 0.875 bits per heavy atom. The molecule has 3 rings (SSSR count). The average Bonchev–Trinajstić information content (AvgIpc) is 2.63. The smallest absolute Gasteiger partial charge is 0.342 e. The summed E-state index contributed by atoms with van der Waals surface area (Å²) < 4.78 is 79.4. The molecule has 2 heterocycles. The van der Waals surface area contributed by atoms with Gasteiger partial charge in [0.15, 0.2) is 11.4 Å². The number of rotatable bonds is 0. The van der Waals surface area contributed by atoms with Crippen molar-refractivity contribution in [2.45, 2.75) is 25.2 Å². The van der Waals surface area contributed by atoms with Gasteiger partial charge < -0.3 is 4.90 Å². The lowest BCUT2D eigenvalue weighted by Gasteiger charge is -2.25. The van der Waals surface area contributed by atoms with Crippen molar-refractivity contribution in [1.82, 2.24) is 10.2 Å². The highest BCUT2D eigenvalue weighted by molar-refractivity contribution is 5.73. The van der Waals surface area contributed by atoms with E-state index in [1.165, 1.54) is 7.05 Å². The van der Waals surface area contributed by atoms with E-state index < -0.39 is 35.0 Å². The summed E-state index contributed by atoms with van der Waals surface area (Å²) in [6.45, 7) is 0. The van der Waals surface area contributed by atoms with Crippen LogP contribution in [0.1, 0.15) is 22.5 Å². The van der Waals surface area contributed by atoms with Gasteiger partial charge in [0.25, 0.3) is 0 Å². The van der Waals surface area contributed by atoms with Crippen LogP contribution in [0.3, 0.4) is 0 Å². The molecule has 0 saturated carbocycles. The first-order valence-electron chi connectivity index (χ1n) is 6.96. The molecule has 2 aromatic rings. The molecular formula is C15H11F6N3. The Morgan fingerprint density at radius 2 is 1.46 bits per heavy atom. The van der Waals surface area contributed by atoms with Gasteiger partial charge in [0.2, 0.25) is 0 Å². The molecule has 0 atom stereocenters. The monoisotopic (exact) mass is 347 g/mol. The molecule has 1 aliphatic rings. The van der Waals surface area contributed by atoms with Gasteiger partial charge in [0, 0.05) is 18.3 Å². The zero-order valence-electron chi connectivity index (χ0n) is 12.3. The molecule has 24 heavy (non-hydrogen) atoms. The second kappa shape index (κ2) is 5.35. The van der Waals surface area contributed by atoms with Gasteiger partial charge in [-0.25, -0.2) is 0 Å². The van der Waals surface area contributed by atoms with E-state index in [1.54, 1.807) is 24.3 Å². The van der Waals surface area contributed by atoms with Crippen molar-refractivity contribution in [3.05, 3.63) is 46.8 Å². The van der Waals surface area contributed by atoms with Gasteiger partial charge in [0.05, 0.1) is 5.69 Å². The highest BCUT2D eigenvalue weighted by Crippen LogP contribution is 2.45. The number of aromatic nitrogens is 2. The van der Waals surface area contributed by atoms with Crippen LogP contribution in [0, 0.1) is 0 Å². The highest BCUT2D eigenvalue weighted by Gasteiger charge is 2.44. The first-order valence-corrected chi connectivity index (χ1v) is 6.96. The van der Waals surface area contributed by atoms with Crippen molar-refractivity contribution >= 4 is 11.4 Å². The van der Waals surface area contributed by atoms with Crippen LogP contribution in [0.2, 0.25) is 0 Å². The lowest BCUT2D eigenvalue weighted by molar-refractivity contribution is -0.147. The SMILES string of the molecule is CN1c2ccccc2CCc2c(C(F)(F)F)nnc(C(F)(F)F)c21. The first-order chi connectivity index (χ1) is 11.1. The average molecular weight is 347 g/mol. The van der Waals surface area contributed by atoms with Crippen molar-refractivity contribution in [3.63, 3.8) is 0 Å². The summed E-state index contributed by atoms with van der Waals surface area (Å²) in [4.78, 5) is 1.12. The van der Waals surface area contributed by atoms with Gasteiger partial charge >= 0.3 is 12.4 Å². The maximum absolute atomic E-state index is 13.3. The zero-order valence-corrected chi connectivity index (χ0v) is 12.3. The molecule has 0 bridgehead atoms. The molecule has 1 aromatic carbocycles. The predicted octanol–water partition coefficient (Wildman–Crippen LogP) is 4.38. The second-order valence-electron chi connectivity index (χ2n) is 5.41. The number of fused-ring (bicyclic) bond motifs is 2. The molecule has 1 aliphatic heterocycles. The van der Waals surface area contributed by atoms with Crippen LogP contribution >= 0.6 is 0 Å². The summed E-state index contributed by atoms with van der Waals surface area (Å²) in [5.41, 5.74) is -2.77. The fraction of sp³-hybridized carbons (Fsp3) is 0.333. The third-order valence-corrected chi connectivity index (χ3v) is 3.92. The standard InChI is InChI=1S/C15H11F6N3/c1-24-10-5-3-2-4-8(10)6-7-9-11(24)13(15(19,20)21)23-22-12(9)14(16,17)18/h2-5H,6-7H2,1H3. The normalized spacial score (nSPS) is 14.9. The Labute approximate surface area is 132 Å². The van der Waals surface area contributed by atoms with Crippen LogP contribution in [-0.2, 0) is 25.2 Å². The number of nitrogens with zero attached hydrogens (tertiary/aromatic N) is 3. The zero-order chi connectivity index (χ0) is 17.7. The van der Waals surface area contributed by atoms with E-state index in [9.17, 15) is 26.3 Å². The Hall–Kier alpha value is -2.32. The minimum absolute atomic E-state index is 0.180. The first kappa shape index (κ1) is 16.5. The van der Waals surface area contributed by atoms with E-state index in [0.717, 1.165) is 4.90 Å². The van der Waals surface area contributed by atoms with Crippen molar-refractivity contribution < 1.29 is 26.3 Å². The summed E-state index contributed by atoms with van der Waals surface area (Å²) in [6, 6.07) is 6.55.